The van der Waals surface area contributed by atoms with Crippen molar-refractivity contribution in [1.29, 1.82) is 0 Å². The highest BCUT2D eigenvalue weighted by molar-refractivity contribution is 6.33. The second-order valence-corrected chi connectivity index (χ2v) is 4.02. The fourth-order valence-electron chi connectivity index (χ4n) is 1.42. The standard InChI is InChI=1S/C12H8ClF2N3O/c13-11-7(4-6(16)5-17-11)12(19)18-10-8(14)2-1-3-9(10)15/h1-5H,16H2,(H,18,19). The number of benzene rings is 1. The van der Waals surface area contributed by atoms with E-state index in [1.165, 1.54) is 18.3 Å². The van der Waals surface area contributed by atoms with Gasteiger partial charge in [0.05, 0.1) is 17.4 Å². The zero-order valence-corrected chi connectivity index (χ0v) is 10.2. The number of aromatic nitrogens is 1. The summed E-state index contributed by atoms with van der Waals surface area (Å²) in [5, 5.41) is 1.99. The number of nitrogens with two attached hydrogens (primary N) is 1. The van der Waals surface area contributed by atoms with Gasteiger partial charge < -0.3 is 11.1 Å². The van der Waals surface area contributed by atoms with Crippen LogP contribution in [-0.4, -0.2) is 10.9 Å². The fourth-order valence-corrected chi connectivity index (χ4v) is 1.61. The monoisotopic (exact) mass is 283 g/mol. The first kappa shape index (κ1) is 13.2. The average molecular weight is 284 g/mol. The molecule has 2 aromatic rings. The zero-order chi connectivity index (χ0) is 14.0. The predicted molar refractivity (Wildman–Crippen MR) is 68.0 cm³/mol. The molecule has 4 nitrogen and oxygen atoms in total. The zero-order valence-electron chi connectivity index (χ0n) is 9.45. The molecule has 1 aromatic carbocycles. The number of nitrogens with zero attached hydrogens (tertiary/aromatic N) is 1. The van der Waals surface area contributed by atoms with Crippen LogP contribution >= 0.6 is 11.6 Å². The number of pyridine rings is 1. The lowest BCUT2D eigenvalue weighted by Crippen LogP contribution is -2.15. The van der Waals surface area contributed by atoms with Gasteiger partial charge in [-0.3, -0.25) is 4.79 Å². The molecule has 1 aromatic heterocycles. The van der Waals surface area contributed by atoms with Gasteiger partial charge in [-0.05, 0) is 18.2 Å². The number of hydrogen-bond acceptors (Lipinski definition) is 3. The Bertz CT molecular complexity index is 629. The highest BCUT2D eigenvalue weighted by Gasteiger charge is 2.16. The molecule has 0 atom stereocenters. The lowest BCUT2D eigenvalue weighted by atomic mass is 10.2. The van der Waals surface area contributed by atoms with Gasteiger partial charge in [0.2, 0.25) is 0 Å². The second-order valence-electron chi connectivity index (χ2n) is 3.66. The van der Waals surface area contributed by atoms with Crippen molar-refractivity contribution < 1.29 is 13.6 Å². The van der Waals surface area contributed by atoms with Crippen molar-refractivity contribution in [1.82, 2.24) is 4.98 Å². The maximum absolute atomic E-state index is 13.4. The lowest BCUT2D eigenvalue weighted by Gasteiger charge is -2.08. The Balaban J connectivity index is 2.34. The van der Waals surface area contributed by atoms with Crippen molar-refractivity contribution in [2.24, 2.45) is 0 Å². The van der Waals surface area contributed by atoms with Crippen molar-refractivity contribution in [3.05, 3.63) is 52.8 Å². The third-order valence-electron chi connectivity index (χ3n) is 2.31. The van der Waals surface area contributed by atoms with E-state index >= 15 is 0 Å². The van der Waals surface area contributed by atoms with Crippen LogP contribution in [0.1, 0.15) is 10.4 Å². The molecule has 2 rings (SSSR count). The van der Waals surface area contributed by atoms with Crippen LogP contribution in [0.3, 0.4) is 0 Å². The van der Waals surface area contributed by atoms with Crippen molar-refractivity contribution in [3.8, 4) is 0 Å². The fraction of sp³-hybridized carbons (Fsp3) is 0. The summed E-state index contributed by atoms with van der Waals surface area (Å²) in [6, 6.07) is 4.51. The van der Waals surface area contributed by atoms with E-state index in [0.29, 0.717) is 0 Å². The number of halogens is 3. The van der Waals surface area contributed by atoms with Crippen LogP contribution in [0.4, 0.5) is 20.2 Å². The average Bonchev–Trinajstić information content (AvgIpc) is 2.37. The van der Waals surface area contributed by atoms with E-state index in [0.717, 1.165) is 12.1 Å². The van der Waals surface area contributed by atoms with E-state index in [4.69, 9.17) is 17.3 Å². The van der Waals surface area contributed by atoms with Crippen LogP contribution in [0.15, 0.2) is 30.5 Å². The summed E-state index contributed by atoms with van der Waals surface area (Å²) < 4.78 is 26.8. The van der Waals surface area contributed by atoms with E-state index in [2.05, 4.69) is 10.3 Å². The third kappa shape index (κ3) is 2.79. The molecule has 19 heavy (non-hydrogen) atoms. The highest BCUT2D eigenvalue weighted by Crippen LogP contribution is 2.21. The third-order valence-corrected chi connectivity index (χ3v) is 2.61. The molecular formula is C12H8ClF2N3O. The number of carbonyl (C=O) groups excluding carboxylic acids is 1. The summed E-state index contributed by atoms with van der Waals surface area (Å²) in [4.78, 5) is 15.5. The summed E-state index contributed by atoms with van der Waals surface area (Å²) in [6.45, 7) is 0. The number of nitrogen functional groups attached to an aromatic ring is 1. The summed E-state index contributed by atoms with van der Waals surface area (Å²) in [5.74, 6) is -2.57. The van der Waals surface area contributed by atoms with Gasteiger partial charge in [0, 0.05) is 0 Å². The first-order valence-electron chi connectivity index (χ1n) is 5.15. The number of rotatable bonds is 2. The molecular weight excluding hydrogens is 276 g/mol. The van der Waals surface area contributed by atoms with E-state index < -0.39 is 23.2 Å². The Morgan fingerprint density at radius 1 is 1.32 bits per heavy atom. The maximum Gasteiger partial charge on any atom is 0.259 e. The molecule has 0 aliphatic rings. The van der Waals surface area contributed by atoms with Gasteiger partial charge in [-0.15, -0.1) is 0 Å². The molecule has 0 aliphatic carbocycles. The number of para-hydroxylation sites is 1. The summed E-state index contributed by atoms with van der Waals surface area (Å²) in [6.07, 6.45) is 1.27. The summed E-state index contributed by atoms with van der Waals surface area (Å²) >= 11 is 5.72. The number of anilines is 2. The largest absolute Gasteiger partial charge is 0.397 e. The highest BCUT2D eigenvalue weighted by atomic mass is 35.5. The Morgan fingerprint density at radius 2 is 1.95 bits per heavy atom. The van der Waals surface area contributed by atoms with Gasteiger partial charge in [0.25, 0.3) is 5.91 Å². The van der Waals surface area contributed by atoms with Crippen LogP contribution in [0.25, 0.3) is 0 Å². The van der Waals surface area contributed by atoms with E-state index in [1.807, 2.05) is 0 Å². The van der Waals surface area contributed by atoms with Gasteiger partial charge in [-0.2, -0.15) is 0 Å². The van der Waals surface area contributed by atoms with Crippen molar-refractivity contribution in [3.63, 3.8) is 0 Å². The van der Waals surface area contributed by atoms with E-state index in [9.17, 15) is 13.6 Å². The second kappa shape index (κ2) is 5.19. The number of nitrogens with one attached hydrogen (secondary N) is 1. The van der Waals surface area contributed by atoms with E-state index in [1.54, 1.807) is 0 Å². The molecule has 98 valence electrons. The van der Waals surface area contributed by atoms with Crippen LogP contribution in [0.2, 0.25) is 5.15 Å². The Labute approximate surface area is 112 Å². The van der Waals surface area contributed by atoms with Gasteiger partial charge in [-0.1, -0.05) is 17.7 Å². The minimum absolute atomic E-state index is 0.0654. The topological polar surface area (TPSA) is 68.0 Å². The van der Waals surface area contributed by atoms with Crippen LogP contribution in [0, 0.1) is 11.6 Å². The molecule has 7 heteroatoms. The summed E-state index contributed by atoms with van der Waals surface area (Å²) in [5.41, 5.74) is 5.07. The van der Waals surface area contributed by atoms with Crippen LogP contribution in [-0.2, 0) is 0 Å². The smallest absolute Gasteiger partial charge is 0.259 e. The number of amides is 1. The molecule has 1 amide bonds. The van der Waals surface area contributed by atoms with Gasteiger partial charge in [-0.25, -0.2) is 13.8 Å². The van der Waals surface area contributed by atoms with Gasteiger partial charge >= 0.3 is 0 Å². The van der Waals surface area contributed by atoms with Crippen LogP contribution in [0.5, 0.6) is 0 Å². The lowest BCUT2D eigenvalue weighted by molar-refractivity contribution is 0.102. The SMILES string of the molecule is Nc1cnc(Cl)c(C(=O)Nc2c(F)cccc2F)c1. The van der Waals surface area contributed by atoms with E-state index in [-0.39, 0.29) is 16.4 Å². The molecule has 1 heterocycles. The Morgan fingerprint density at radius 3 is 2.58 bits per heavy atom. The first-order chi connectivity index (χ1) is 8.99. The first-order valence-corrected chi connectivity index (χ1v) is 5.53. The molecule has 0 radical (unpaired) electrons. The molecule has 0 unspecified atom stereocenters. The molecule has 0 saturated carbocycles. The Kier molecular flexibility index (Phi) is 3.62. The van der Waals surface area contributed by atoms with Crippen LogP contribution < -0.4 is 11.1 Å². The van der Waals surface area contributed by atoms with Crippen molar-refractivity contribution in [2.75, 3.05) is 11.1 Å². The normalized spacial score (nSPS) is 10.3. The molecule has 0 saturated heterocycles. The minimum atomic E-state index is -0.888. The quantitative estimate of drug-likeness (QED) is 0.833. The molecule has 3 N–H and O–H groups in total. The predicted octanol–water partition coefficient (Wildman–Crippen LogP) is 2.85. The maximum atomic E-state index is 13.4. The number of carbonyl (C=O) groups is 1. The summed E-state index contributed by atoms with van der Waals surface area (Å²) in [7, 11) is 0. The Hall–Kier alpha value is -2.21. The van der Waals surface area contributed by atoms with Gasteiger partial charge in [0.1, 0.15) is 22.5 Å². The number of hydrogen-bond donors (Lipinski definition) is 2. The van der Waals surface area contributed by atoms with Crippen molar-refractivity contribution in [2.45, 2.75) is 0 Å². The molecule has 0 aliphatic heterocycles. The van der Waals surface area contributed by atoms with Crippen molar-refractivity contribution >= 4 is 28.9 Å². The minimum Gasteiger partial charge on any atom is -0.397 e. The molecule has 0 spiro atoms. The molecule has 0 fully saturated rings. The molecule has 0 bridgehead atoms. The van der Waals surface area contributed by atoms with Gasteiger partial charge in [0.15, 0.2) is 0 Å².